The summed E-state index contributed by atoms with van der Waals surface area (Å²) in [5.74, 6) is 0.612. The van der Waals surface area contributed by atoms with Crippen molar-refractivity contribution < 1.29 is 19.7 Å². The van der Waals surface area contributed by atoms with E-state index in [0.717, 1.165) is 11.1 Å². The van der Waals surface area contributed by atoms with Gasteiger partial charge in [-0.2, -0.15) is 0 Å². The van der Waals surface area contributed by atoms with E-state index in [1.165, 1.54) is 0 Å². The number of aliphatic hydroxyl groups excluding tert-OH is 2. The molecule has 0 amide bonds. The Balaban J connectivity index is 2.62. The van der Waals surface area contributed by atoms with Crippen molar-refractivity contribution in [3.8, 4) is 5.75 Å². The molecule has 0 aromatic heterocycles. The number of hydrogen-bond donors (Lipinski definition) is 2. The zero-order valence-corrected chi connectivity index (χ0v) is 11.2. The lowest BCUT2D eigenvalue weighted by atomic mass is 10.1. The molecule has 0 aliphatic carbocycles. The Labute approximate surface area is 108 Å². The Kier molecular flexibility index (Phi) is 6.12. The van der Waals surface area contributed by atoms with Gasteiger partial charge in [-0.25, -0.2) is 0 Å². The molecule has 0 spiro atoms. The molecule has 2 atom stereocenters. The minimum Gasteiger partial charge on any atom is -0.490 e. The molecule has 0 fully saturated rings. The maximum Gasteiger partial charge on any atom is 0.125 e. The van der Waals surface area contributed by atoms with Gasteiger partial charge < -0.3 is 19.7 Å². The topological polar surface area (TPSA) is 58.9 Å². The van der Waals surface area contributed by atoms with E-state index in [2.05, 4.69) is 0 Å². The summed E-state index contributed by atoms with van der Waals surface area (Å²) in [6.07, 6.45) is -1.25. The number of benzene rings is 1. The van der Waals surface area contributed by atoms with Crippen LogP contribution in [-0.4, -0.2) is 36.1 Å². The van der Waals surface area contributed by atoms with Crippen LogP contribution in [0.3, 0.4) is 0 Å². The molecule has 1 unspecified atom stereocenters. The van der Waals surface area contributed by atoms with Crippen LogP contribution < -0.4 is 4.74 Å². The molecule has 0 bridgehead atoms. The van der Waals surface area contributed by atoms with Crippen molar-refractivity contribution in [3.05, 3.63) is 29.3 Å². The molecule has 2 N–H and O–H groups in total. The zero-order chi connectivity index (χ0) is 13.5. The normalized spacial score (nSPS) is 14.3. The Hall–Kier alpha value is -1.10. The molecular formula is C14H22O4. The van der Waals surface area contributed by atoms with Gasteiger partial charge in [-0.3, -0.25) is 0 Å². The third-order valence-corrected chi connectivity index (χ3v) is 2.56. The van der Waals surface area contributed by atoms with Gasteiger partial charge in [0.05, 0.1) is 12.7 Å². The maximum absolute atomic E-state index is 9.63. The fourth-order valence-electron chi connectivity index (χ4n) is 1.60. The van der Waals surface area contributed by atoms with E-state index < -0.39 is 12.2 Å². The van der Waals surface area contributed by atoms with E-state index in [0.29, 0.717) is 12.4 Å². The van der Waals surface area contributed by atoms with E-state index in [4.69, 9.17) is 9.47 Å². The molecule has 1 rings (SSSR count). The Bertz CT molecular complexity index is 363. The fraction of sp³-hybridized carbons (Fsp3) is 0.571. The van der Waals surface area contributed by atoms with Crippen molar-refractivity contribution in [2.75, 3.05) is 19.8 Å². The van der Waals surface area contributed by atoms with Crippen molar-refractivity contribution >= 4 is 0 Å². The van der Waals surface area contributed by atoms with E-state index in [9.17, 15) is 10.2 Å². The van der Waals surface area contributed by atoms with Crippen LogP contribution in [0, 0.1) is 6.92 Å². The lowest BCUT2D eigenvalue weighted by Crippen LogP contribution is -2.23. The number of ether oxygens (including phenoxy) is 2. The lowest BCUT2D eigenvalue weighted by Gasteiger charge is -2.16. The van der Waals surface area contributed by atoms with Crippen LogP contribution in [0.25, 0.3) is 0 Å². The van der Waals surface area contributed by atoms with Gasteiger partial charge in [-0.15, -0.1) is 0 Å². The van der Waals surface area contributed by atoms with Gasteiger partial charge in [-0.1, -0.05) is 12.1 Å². The first-order valence-electron chi connectivity index (χ1n) is 6.21. The highest BCUT2D eigenvalue weighted by molar-refractivity contribution is 5.38. The highest BCUT2D eigenvalue weighted by Gasteiger charge is 2.11. The van der Waals surface area contributed by atoms with Crippen LogP contribution >= 0.6 is 0 Å². The van der Waals surface area contributed by atoms with Crippen LogP contribution in [-0.2, 0) is 4.74 Å². The smallest absolute Gasteiger partial charge is 0.125 e. The quantitative estimate of drug-likeness (QED) is 0.779. The largest absolute Gasteiger partial charge is 0.490 e. The molecular weight excluding hydrogens is 232 g/mol. The molecule has 18 heavy (non-hydrogen) atoms. The van der Waals surface area contributed by atoms with Crippen molar-refractivity contribution in [3.63, 3.8) is 0 Å². The summed E-state index contributed by atoms with van der Waals surface area (Å²) >= 11 is 0. The zero-order valence-electron chi connectivity index (χ0n) is 11.2. The van der Waals surface area contributed by atoms with Gasteiger partial charge in [0.25, 0.3) is 0 Å². The van der Waals surface area contributed by atoms with Crippen LogP contribution in [0.15, 0.2) is 18.2 Å². The highest BCUT2D eigenvalue weighted by Crippen LogP contribution is 2.26. The molecule has 0 saturated heterocycles. The standard InChI is InChI=1S/C14H22O4/c1-4-17-8-12(16)9-18-14-7-10(2)5-6-13(14)11(3)15/h5-7,11-12,15-16H,4,8-9H2,1-3H3/t11-,12?/m0/s1. The number of aryl methyl sites for hydroxylation is 1. The third-order valence-electron chi connectivity index (χ3n) is 2.56. The van der Waals surface area contributed by atoms with Gasteiger partial charge in [0, 0.05) is 12.2 Å². The first-order chi connectivity index (χ1) is 8.54. The molecule has 0 heterocycles. The second-order valence-corrected chi connectivity index (χ2v) is 4.34. The molecule has 1 aromatic rings. The van der Waals surface area contributed by atoms with Crippen molar-refractivity contribution in [2.45, 2.75) is 33.0 Å². The van der Waals surface area contributed by atoms with Gasteiger partial charge in [-0.05, 0) is 32.4 Å². The van der Waals surface area contributed by atoms with Crippen LogP contribution in [0.5, 0.6) is 5.75 Å². The lowest BCUT2D eigenvalue weighted by molar-refractivity contribution is 0.0158. The summed E-state index contributed by atoms with van der Waals surface area (Å²) in [5, 5.41) is 19.3. The van der Waals surface area contributed by atoms with Gasteiger partial charge in [0.15, 0.2) is 0 Å². The van der Waals surface area contributed by atoms with Crippen molar-refractivity contribution in [2.24, 2.45) is 0 Å². The number of rotatable bonds is 7. The fourth-order valence-corrected chi connectivity index (χ4v) is 1.60. The molecule has 0 aliphatic rings. The Morgan fingerprint density at radius 3 is 2.56 bits per heavy atom. The van der Waals surface area contributed by atoms with Gasteiger partial charge in [0.2, 0.25) is 0 Å². The third kappa shape index (κ3) is 4.64. The summed E-state index contributed by atoms with van der Waals surface area (Å²) in [5.41, 5.74) is 1.78. The first kappa shape index (κ1) is 15.0. The minimum atomic E-state index is -0.660. The Morgan fingerprint density at radius 2 is 1.94 bits per heavy atom. The number of aliphatic hydroxyl groups is 2. The average Bonchev–Trinajstić information content (AvgIpc) is 2.33. The second kappa shape index (κ2) is 7.36. The summed E-state index contributed by atoms with van der Waals surface area (Å²) in [6.45, 7) is 6.50. The molecule has 0 saturated carbocycles. The van der Waals surface area contributed by atoms with Crippen LogP contribution in [0.1, 0.15) is 31.1 Å². The van der Waals surface area contributed by atoms with E-state index >= 15 is 0 Å². The molecule has 1 aromatic carbocycles. The highest BCUT2D eigenvalue weighted by atomic mass is 16.5. The molecule has 4 nitrogen and oxygen atoms in total. The van der Waals surface area contributed by atoms with Crippen LogP contribution in [0.4, 0.5) is 0 Å². The molecule has 0 radical (unpaired) electrons. The van der Waals surface area contributed by atoms with Gasteiger partial charge >= 0.3 is 0 Å². The van der Waals surface area contributed by atoms with Crippen molar-refractivity contribution in [1.82, 2.24) is 0 Å². The predicted octanol–water partition coefficient (Wildman–Crippen LogP) is 1.82. The summed E-state index contributed by atoms with van der Waals surface area (Å²) in [7, 11) is 0. The molecule has 102 valence electrons. The second-order valence-electron chi connectivity index (χ2n) is 4.34. The molecule has 4 heteroatoms. The van der Waals surface area contributed by atoms with Crippen LogP contribution in [0.2, 0.25) is 0 Å². The summed E-state index contributed by atoms with van der Waals surface area (Å²) in [6, 6.07) is 5.62. The van der Waals surface area contributed by atoms with E-state index in [1.54, 1.807) is 6.92 Å². The molecule has 0 aliphatic heterocycles. The Morgan fingerprint density at radius 1 is 1.22 bits per heavy atom. The predicted molar refractivity (Wildman–Crippen MR) is 69.8 cm³/mol. The minimum absolute atomic E-state index is 0.156. The average molecular weight is 254 g/mol. The summed E-state index contributed by atoms with van der Waals surface area (Å²) < 4.78 is 10.7. The SMILES string of the molecule is CCOCC(O)COc1cc(C)ccc1[C@H](C)O. The number of hydrogen-bond acceptors (Lipinski definition) is 4. The van der Waals surface area contributed by atoms with Crippen molar-refractivity contribution in [1.29, 1.82) is 0 Å². The van der Waals surface area contributed by atoms with E-state index in [1.807, 2.05) is 32.0 Å². The van der Waals surface area contributed by atoms with Gasteiger partial charge in [0.1, 0.15) is 18.5 Å². The maximum atomic E-state index is 9.63. The summed E-state index contributed by atoms with van der Waals surface area (Å²) in [4.78, 5) is 0. The van der Waals surface area contributed by atoms with E-state index in [-0.39, 0.29) is 13.2 Å². The monoisotopic (exact) mass is 254 g/mol. The first-order valence-corrected chi connectivity index (χ1v) is 6.21.